The van der Waals surface area contributed by atoms with Crippen molar-refractivity contribution in [2.24, 2.45) is 0 Å². The molecule has 38 heavy (non-hydrogen) atoms. The van der Waals surface area contributed by atoms with Gasteiger partial charge >= 0.3 is 12.2 Å². The van der Waals surface area contributed by atoms with E-state index in [1.807, 2.05) is 19.1 Å². The third-order valence-corrected chi connectivity index (χ3v) is 6.81. The van der Waals surface area contributed by atoms with Gasteiger partial charge in [0.25, 0.3) is 5.69 Å². The molecule has 2 amide bonds. The first-order valence-electron chi connectivity index (χ1n) is 12.7. The quantitative estimate of drug-likeness (QED) is 0.391. The normalized spacial score (nSPS) is 20.1. The Bertz CT molecular complexity index is 1130. The van der Waals surface area contributed by atoms with Gasteiger partial charge in [-0.2, -0.15) is 13.2 Å². The summed E-state index contributed by atoms with van der Waals surface area (Å²) < 4.78 is 45.9. The second-order valence-corrected chi connectivity index (χ2v) is 9.38. The highest BCUT2D eigenvalue weighted by Crippen LogP contribution is 2.38. The molecule has 10 nitrogen and oxygen atoms in total. The Morgan fingerprint density at radius 2 is 1.84 bits per heavy atom. The monoisotopic (exact) mass is 536 g/mol. The third-order valence-electron chi connectivity index (χ3n) is 6.81. The molecule has 0 radical (unpaired) electrons. The van der Waals surface area contributed by atoms with Crippen LogP contribution in [0.2, 0.25) is 0 Å². The van der Waals surface area contributed by atoms with Crippen LogP contribution >= 0.6 is 0 Å². The molecule has 1 aromatic carbocycles. The molecule has 0 bridgehead atoms. The summed E-state index contributed by atoms with van der Waals surface area (Å²) in [5, 5.41) is 16.9. The zero-order valence-corrected chi connectivity index (χ0v) is 21.0. The van der Waals surface area contributed by atoms with Gasteiger partial charge < -0.3 is 25.2 Å². The number of halogens is 3. The zero-order chi connectivity index (χ0) is 27.3. The number of hydrogen-bond donors (Lipinski definition) is 2. The van der Waals surface area contributed by atoms with Gasteiger partial charge in [-0.15, -0.1) is 0 Å². The molecule has 0 spiro atoms. The van der Waals surface area contributed by atoms with E-state index in [1.165, 1.54) is 6.07 Å². The lowest BCUT2D eigenvalue weighted by Crippen LogP contribution is -2.51. The van der Waals surface area contributed by atoms with Gasteiger partial charge in [-0.05, 0) is 50.8 Å². The predicted octanol–water partition coefficient (Wildman–Crippen LogP) is 4.66. The van der Waals surface area contributed by atoms with Crippen LogP contribution in [0.4, 0.5) is 35.0 Å². The fourth-order valence-corrected chi connectivity index (χ4v) is 4.83. The van der Waals surface area contributed by atoms with Crippen molar-refractivity contribution in [3.63, 3.8) is 0 Å². The fraction of sp³-hybridized carbons (Fsp3) is 0.520. The van der Waals surface area contributed by atoms with Crippen molar-refractivity contribution in [2.45, 2.75) is 50.9 Å². The highest BCUT2D eigenvalue weighted by Gasteiger charge is 2.38. The lowest BCUT2D eigenvalue weighted by atomic mass is 9.92. The molecule has 0 atom stereocenters. The van der Waals surface area contributed by atoms with Gasteiger partial charge in [-0.1, -0.05) is 0 Å². The van der Waals surface area contributed by atoms with Crippen molar-refractivity contribution in [3.05, 3.63) is 52.2 Å². The van der Waals surface area contributed by atoms with E-state index in [-0.39, 0.29) is 23.9 Å². The van der Waals surface area contributed by atoms with Crippen LogP contribution in [0.5, 0.6) is 5.88 Å². The number of nitrogens with one attached hydrogen (secondary N) is 2. The van der Waals surface area contributed by atoms with E-state index < -0.39 is 22.4 Å². The molecule has 1 saturated heterocycles. The Hall–Kier alpha value is -3.77. The Morgan fingerprint density at radius 3 is 2.47 bits per heavy atom. The van der Waals surface area contributed by atoms with Crippen LogP contribution in [-0.4, -0.2) is 65.7 Å². The van der Waals surface area contributed by atoms with E-state index in [4.69, 9.17) is 4.74 Å². The molecular formula is C25H31F3N6O4. The number of nitro groups is 1. The molecule has 2 heterocycles. The van der Waals surface area contributed by atoms with Crippen LogP contribution in [0.1, 0.15) is 38.2 Å². The molecule has 13 heteroatoms. The standard InChI is InChI=1S/C25H31F3N6O4/c1-2-29-24(35)33-13-11-32(12-14-33)19-9-10-30-23(16-19)38-20-6-3-17(4-7-20)31-18-5-8-22(34(36)37)21(15-18)25(26,27)28/h5,8-10,15-17,20,31H,2-4,6-7,11-14H2,1H3,(H,29,35)/t17-,20-. The minimum atomic E-state index is -4.82. The first kappa shape index (κ1) is 27.3. The van der Waals surface area contributed by atoms with E-state index in [9.17, 15) is 28.1 Å². The lowest BCUT2D eigenvalue weighted by Gasteiger charge is -2.36. The van der Waals surface area contributed by atoms with E-state index in [2.05, 4.69) is 20.5 Å². The number of aromatic nitrogens is 1. The number of carbonyl (C=O) groups excluding carboxylic acids is 1. The molecule has 1 saturated carbocycles. The summed E-state index contributed by atoms with van der Waals surface area (Å²) in [5.41, 5.74) is -1.05. The number of carbonyl (C=O) groups is 1. The highest BCUT2D eigenvalue weighted by atomic mass is 19.4. The van der Waals surface area contributed by atoms with Crippen LogP contribution in [0.15, 0.2) is 36.5 Å². The number of nitro benzene ring substituents is 1. The Balaban J connectivity index is 1.29. The molecular weight excluding hydrogens is 505 g/mol. The van der Waals surface area contributed by atoms with Crippen LogP contribution in [0.25, 0.3) is 0 Å². The summed E-state index contributed by atoms with van der Waals surface area (Å²) in [5.74, 6) is 0.509. The largest absolute Gasteiger partial charge is 0.474 e. The van der Waals surface area contributed by atoms with Gasteiger partial charge in [-0.25, -0.2) is 9.78 Å². The molecule has 1 aliphatic carbocycles. The number of alkyl halides is 3. The summed E-state index contributed by atoms with van der Waals surface area (Å²) in [6, 6.07) is 6.67. The average Bonchev–Trinajstić information content (AvgIpc) is 2.89. The Labute approximate surface area is 218 Å². The molecule has 2 aliphatic rings. The third kappa shape index (κ3) is 6.75. The van der Waals surface area contributed by atoms with E-state index >= 15 is 0 Å². The van der Waals surface area contributed by atoms with Crippen molar-refractivity contribution in [1.82, 2.24) is 15.2 Å². The van der Waals surface area contributed by atoms with E-state index in [0.29, 0.717) is 64.3 Å². The molecule has 2 N–H and O–H groups in total. The first-order valence-corrected chi connectivity index (χ1v) is 12.7. The second-order valence-electron chi connectivity index (χ2n) is 9.38. The second kappa shape index (κ2) is 11.7. The maximum Gasteiger partial charge on any atom is 0.423 e. The van der Waals surface area contributed by atoms with Gasteiger partial charge in [0.05, 0.1) is 4.92 Å². The number of ether oxygens (including phenoxy) is 1. The van der Waals surface area contributed by atoms with Crippen LogP contribution < -0.4 is 20.3 Å². The number of pyridine rings is 1. The summed E-state index contributed by atoms with van der Waals surface area (Å²) >= 11 is 0. The summed E-state index contributed by atoms with van der Waals surface area (Å²) in [4.78, 5) is 30.3. The molecule has 1 aliphatic heterocycles. The van der Waals surface area contributed by atoms with Gasteiger partial charge in [0, 0.05) is 68.5 Å². The molecule has 2 aromatic rings. The molecule has 1 aromatic heterocycles. The van der Waals surface area contributed by atoms with Gasteiger partial charge in [0.2, 0.25) is 5.88 Å². The fourth-order valence-electron chi connectivity index (χ4n) is 4.83. The number of anilines is 2. The van der Waals surface area contributed by atoms with Crippen LogP contribution in [0, 0.1) is 10.1 Å². The van der Waals surface area contributed by atoms with Gasteiger partial charge in [0.15, 0.2) is 0 Å². The number of hydrogen-bond acceptors (Lipinski definition) is 7. The van der Waals surface area contributed by atoms with Crippen molar-refractivity contribution < 1.29 is 27.6 Å². The highest BCUT2D eigenvalue weighted by molar-refractivity contribution is 5.74. The summed E-state index contributed by atoms with van der Waals surface area (Å²) in [6.07, 6.45) is -0.477. The molecule has 4 rings (SSSR count). The van der Waals surface area contributed by atoms with E-state index in [1.54, 1.807) is 11.1 Å². The predicted molar refractivity (Wildman–Crippen MR) is 135 cm³/mol. The minimum absolute atomic E-state index is 0.0506. The number of urea groups is 1. The molecule has 0 unspecified atom stereocenters. The topological polar surface area (TPSA) is 113 Å². The van der Waals surface area contributed by atoms with Crippen molar-refractivity contribution in [3.8, 4) is 5.88 Å². The number of piperazine rings is 1. The summed E-state index contributed by atoms with van der Waals surface area (Å²) in [6.45, 7) is 5.15. The van der Waals surface area contributed by atoms with Gasteiger partial charge in [-0.3, -0.25) is 10.1 Å². The Morgan fingerprint density at radius 1 is 1.13 bits per heavy atom. The van der Waals surface area contributed by atoms with Crippen LogP contribution in [-0.2, 0) is 6.18 Å². The number of benzene rings is 1. The van der Waals surface area contributed by atoms with E-state index in [0.717, 1.165) is 17.8 Å². The first-order chi connectivity index (χ1) is 18.1. The van der Waals surface area contributed by atoms with Crippen LogP contribution in [0.3, 0.4) is 0 Å². The number of amides is 2. The zero-order valence-electron chi connectivity index (χ0n) is 21.0. The number of nitrogens with zero attached hydrogens (tertiary/aromatic N) is 4. The maximum absolute atomic E-state index is 13.3. The molecule has 2 fully saturated rings. The smallest absolute Gasteiger partial charge is 0.423 e. The maximum atomic E-state index is 13.3. The average molecular weight is 537 g/mol. The van der Waals surface area contributed by atoms with Crippen molar-refractivity contribution in [1.29, 1.82) is 0 Å². The minimum Gasteiger partial charge on any atom is -0.474 e. The number of rotatable bonds is 7. The van der Waals surface area contributed by atoms with Crippen molar-refractivity contribution >= 4 is 23.1 Å². The Kier molecular flexibility index (Phi) is 8.42. The lowest BCUT2D eigenvalue weighted by molar-refractivity contribution is -0.388. The SMILES string of the molecule is CCNC(=O)N1CCN(c2ccnc(O[C@H]3CC[C@H](Nc4ccc([N+](=O)[O-])c(C(F)(F)F)c4)CC3)c2)CC1. The molecule has 206 valence electrons. The summed E-state index contributed by atoms with van der Waals surface area (Å²) in [7, 11) is 0. The van der Waals surface area contributed by atoms with Crippen molar-refractivity contribution in [2.75, 3.05) is 42.9 Å². The van der Waals surface area contributed by atoms with Gasteiger partial charge in [0.1, 0.15) is 11.7 Å².